The third kappa shape index (κ3) is 2.19. The number of para-hydroxylation sites is 1. The van der Waals surface area contributed by atoms with Crippen LogP contribution in [0.3, 0.4) is 0 Å². The van der Waals surface area contributed by atoms with E-state index < -0.39 is 0 Å². The maximum absolute atomic E-state index is 10.2. The van der Waals surface area contributed by atoms with Crippen LogP contribution in [0.25, 0.3) is 11.1 Å². The van der Waals surface area contributed by atoms with Gasteiger partial charge in [-0.25, -0.2) is 0 Å². The molecule has 0 aliphatic carbocycles. The lowest BCUT2D eigenvalue weighted by molar-refractivity contribution is 0.468. The molecule has 0 saturated carbocycles. The number of aryl methyl sites for hydroxylation is 2. The van der Waals surface area contributed by atoms with Gasteiger partial charge >= 0.3 is 0 Å². The average molecular weight is 242 g/mol. The summed E-state index contributed by atoms with van der Waals surface area (Å²) in [5, 5.41) is 20.1. The predicted octanol–water partition coefficient (Wildman–Crippen LogP) is 3.89. The van der Waals surface area contributed by atoms with Crippen LogP contribution in [0, 0.1) is 0 Å². The van der Waals surface area contributed by atoms with Crippen molar-refractivity contribution in [3.8, 4) is 22.6 Å². The molecule has 0 heterocycles. The fourth-order valence-electron chi connectivity index (χ4n) is 2.23. The Morgan fingerprint density at radius 2 is 1.61 bits per heavy atom. The van der Waals surface area contributed by atoms with Crippen molar-refractivity contribution in [3.63, 3.8) is 0 Å². The molecule has 0 bridgehead atoms. The van der Waals surface area contributed by atoms with Crippen LogP contribution >= 0.6 is 0 Å². The van der Waals surface area contributed by atoms with Crippen molar-refractivity contribution >= 4 is 0 Å². The van der Waals surface area contributed by atoms with Crippen molar-refractivity contribution < 1.29 is 10.2 Å². The fraction of sp³-hybridized carbons (Fsp3) is 0.250. The fourth-order valence-corrected chi connectivity index (χ4v) is 2.23. The molecule has 94 valence electrons. The minimum Gasteiger partial charge on any atom is -0.507 e. The first-order valence-electron chi connectivity index (χ1n) is 6.30. The number of phenolic OH excluding ortho intramolecular Hbond substituents is 2. The lowest BCUT2D eigenvalue weighted by Gasteiger charge is -2.13. The second-order valence-corrected chi connectivity index (χ2v) is 4.37. The Bertz CT molecular complexity index is 559. The largest absolute Gasteiger partial charge is 0.507 e. The molecule has 0 radical (unpaired) electrons. The van der Waals surface area contributed by atoms with E-state index in [9.17, 15) is 10.2 Å². The monoisotopic (exact) mass is 242 g/mol. The highest BCUT2D eigenvalue weighted by Gasteiger charge is 2.13. The summed E-state index contributed by atoms with van der Waals surface area (Å²) in [7, 11) is 0. The van der Waals surface area contributed by atoms with Gasteiger partial charge in [0.2, 0.25) is 0 Å². The van der Waals surface area contributed by atoms with Gasteiger partial charge < -0.3 is 10.2 Å². The number of rotatable bonds is 3. The Balaban J connectivity index is 2.67. The van der Waals surface area contributed by atoms with Crippen LogP contribution in [0.4, 0.5) is 0 Å². The highest BCUT2D eigenvalue weighted by atomic mass is 16.3. The van der Waals surface area contributed by atoms with Crippen LogP contribution in [-0.4, -0.2) is 10.2 Å². The molecule has 0 atom stereocenters. The zero-order valence-corrected chi connectivity index (χ0v) is 10.8. The Kier molecular flexibility index (Phi) is 3.56. The lowest BCUT2D eigenvalue weighted by atomic mass is 9.93. The molecule has 0 saturated heterocycles. The van der Waals surface area contributed by atoms with Crippen LogP contribution in [0.1, 0.15) is 25.0 Å². The van der Waals surface area contributed by atoms with E-state index in [1.165, 1.54) is 0 Å². The van der Waals surface area contributed by atoms with E-state index in [-0.39, 0.29) is 11.5 Å². The Labute approximate surface area is 108 Å². The Morgan fingerprint density at radius 1 is 0.889 bits per heavy atom. The molecular weight excluding hydrogens is 224 g/mol. The quantitative estimate of drug-likeness (QED) is 0.857. The number of hydrogen-bond donors (Lipinski definition) is 2. The first-order chi connectivity index (χ1) is 8.67. The SMILES string of the molecule is CCc1cc(O)c(-c2ccccc2O)c(CC)c1. The van der Waals surface area contributed by atoms with Gasteiger partial charge in [0.15, 0.2) is 0 Å². The van der Waals surface area contributed by atoms with Gasteiger partial charge in [-0.3, -0.25) is 0 Å². The number of phenols is 2. The summed E-state index contributed by atoms with van der Waals surface area (Å²) in [5.41, 5.74) is 3.61. The van der Waals surface area contributed by atoms with E-state index in [4.69, 9.17) is 0 Å². The van der Waals surface area contributed by atoms with Gasteiger partial charge in [-0.05, 0) is 36.1 Å². The molecule has 0 aromatic heterocycles. The summed E-state index contributed by atoms with van der Waals surface area (Å²) in [6.07, 6.45) is 1.71. The first kappa shape index (κ1) is 12.5. The maximum atomic E-state index is 10.2. The van der Waals surface area contributed by atoms with E-state index >= 15 is 0 Å². The minimum atomic E-state index is 0.201. The summed E-state index contributed by atoms with van der Waals surface area (Å²) in [5.74, 6) is 0.444. The molecular formula is C16H18O2. The Hall–Kier alpha value is -1.96. The molecule has 2 aromatic rings. The third-order valence-corrected chi connectivity index (χ3v) is 3.22. The number of hydrogen-bond acceptors (Lipinski definition) is 2. The molecule has 2 aromatic carbocycles. The van der Waals surface area contributed by atoms with Crippen LogP contribution in [0.2, 0.25) is 0 Å². The van der Waals surface area contributed by atoms with Gasteiger partial charge in [-0.2, -0.15) is 0 Å². The van der Waals surface area contributed by atoms with Gasteiger partial charge in [0, 0.05) is 11.1 Å². The van der Waals surface area contributed by atoms with E-state index in [0.717, 1.165) is 29.5 Å². The van der Waals surface area contributed by atoms with Crippen molar-refractivity contribution in [2.45, 2.75) is 26.7 Å². The molecule has 18 heavy (non-hydrogen) atoms. The number of aromatic hydroxyl groups is 2. The molecule has 2 heteroatoms. The van der Waals surface area contributed by atoms with E-state index in [1.807, 2.05) is 12.1 Å². The van der Waals surface area contributed by atoms with E-state index in [2.05, 4.69) is 19.9 Å². The van der Waals surface area contributed by atoms with Crippen molar-refractivity contribution in [2.24, 2.45) is 0 Å². The van der Waals surface area contributed by atoms with Crippen LogP contribution in [0.5, 0.6) is 11.5 Å². The van der Waals surface area contributed by atoms with Crippen molar-refractivity contribution in [2.75, 3.05) is 0 Å². The number of benzene rings is 2. The minimum absolute atomic E-state index is 0.201. The second-order valence-electron chi connectivity index (χ2n) is 4.37. The summed E-state index contributed by atoms with van der Waals surface area (Å²) in [6, 6.07) is 11.0. The van der Waals surface area contributed by atoms with Crippen LogP contribution in [-0.2, 0) is 12.8 Å². The van der Waals surface area contributed by atoms with E-state index in [1.54, 1.807) is 18.2 Å². The molecule has 2 nitrogen and oxygen atoms in total. The molecule has 0 spiro atoms. The van der Waals surface area contributed by atoms with Crippen molar-refractivity contribution in [1.29, 1.82) is 0 Å². The topological polar surface area (TPSA) is 40.5 Å². The summed E-state index contributed by atoms with van der Waals surface area (Å²) in [4.78, 5) is 0. The van der Waals surface area contributed by atoms with Crippen molar-refractivity contribution in [3.05, 3.63) is 47.5 Å². The molecule has 0 amide bonds. The maximum Gasteiger partial charge on any atom is 0.124 e. The summed E-state index contributed by atoms with van der Waals surface area (Å²) < 4.78 is 0. The molecule has 0 aliphatic rings. The van der Waals surface area contributed by atoms with Gasteiger partial charge in [-0.1, -0.05) is 38.1 Å². The molecule has 0 unspecified atom stereocenters. The highest BCUT2D eigenvalue weighted by molar-refractivity contribution is 5.78. The first-order valence-corrected chi connectivity index (χ1v) is 6.30. The third-order valence-electron chi connectivity index (χ3n) is 3.22. The van der Waals surface area contributed by atoms with Crippen molar-refractivity contribution in [1.82, 2.24) is 0 Å². The standard InChI is InChI=1S/C16H18O2/c1-3-11-9-12(4-2)16(15(18)10-11)13-7-5-6-8-14(13)17/h5-10,17-18H,3-4H2,1-2H3. The van der Waals surface area contributed by atoms with Crippen LogP contribution in [0.15, 0.2) is 36.4 Å². The summed E-state index contributed by atoms with van der Waals surface area (Å²) in [6.45, 7) is 4.12. The normalized spacial score (nSPS) is 10.6. The average Bonchev–Trinajstić information content (AvgIpc) is 2.39. The van der Waals surface area contributed by atoms with E-state index in [0.29, 0.717) is 5.56 Å². The predicted molar refractivity (Wildman–Crippen MR) is 74.0 cm³/mol. The lowest BCUT2D eigenvalue weighted by Crippen LogP contribution is -1.92. The van der Waals surface area contributed by atoms with Crippen LogP contribution < -0.4 is 0 Å². The molecule has 2 N–H and O–H groups in total. The smallest absolute Gasteiger partial charge is 0.124 e. The van der Waals surface area contributed by atoms with Gasteiger partial charge in [0.1, 0.15) is 11.5 Å². The van der Waals surface area contributed by atoms with Gasteiger partial charge in [0.05, 0.1) is 0 Å². The summed E-state index contributed by atoms with van der Waals surface area (Å²) >= 11 is 0. The molecule has 0 aliphatic heterocycles. The zero-order chi connectivity index (χ0) is 13.1. The second kappa shape index (κ2) is 5.13. The molecule has 2 rings (SSSR count). The van der Waals surface area contributed by atoms with Gasteiger partial charge in [0.25, 0.3) is 0 Å². The zero-order valence-electron chi connectivity index (χ0n) is 10.8. The van der Waals surface area contributed by atoms with Gasteiger partial charge in [-0.15, -0.1) is 0 Å². The Morgan fingerprint density at radius 3 is 2.22 bits per heavy atom. The highest BCUT2D eigenvalue weighted by Crippen LogP contribution is 2.38. The molecule has 0 fully saturated rings.